The predicted octanol–water partition coefficient (Wildman–Crippen LogP) is 2.51. The molecule has 1 aromatic carbocycles. The number of hydrogen-bond acceptors (Lipinski definition) is 5. The molecule has 0 unspecified atom stereocenters. The zero-order valence-electron chi connectivity index (χ0n) is 10.00. The quantitative estimate of drug-likeness (QED) is 0.885. The predicted molar refractivity (Wildman–Crippen MR) is 74.7 cm³/mol. The van der Waals surface area contributed by atoms with E-state index >= 15 is 0 Å². The van der Waals surface area contributed by atoms with Gasteiger partial charge >= 0.3 is 5.97 Å². The number of aromatic nitrogens is 1. The van der Waals surface area contributed by atoms with Crippen molar-refractivity contribution in [2.45, 2.75) is 0 Å². The van der Waals surface area contributed by atoms with Crippen LogP contribution in [0.4, 0.5) is 5.13 Å². The maximum atomic E-state index is 11.6. The number of nitrogens with zero attached hydrogens (tertiary/aromatic N) is 1. The van der Waals surface area contributed by atoms with Gasteiger partial charge in [-0.3, -0.25) is 10.1 Å². The van der Waals surface area contributed by atoms with Crippen LogP contribution in [-0.2, 0) is 4.79 Å². The van der Waals surface area contributed by atoms with Gasteiger partial charge in [-0.15, -0.1) is 11.3 Å². The Bertz CT molecular complexity index is 630. The van der Waals surface area contributed by atoms with Crippen molar-refractivity contribution in [3.8, 4) is 5.75 Å². The highest BCUT2D eigenvalue weighted by Crippen LogP contribution is 2.23. The fraction of sp³-hybridized carbons (Fsp3) is 0.0833. The van der Waals surface area contributed by atoms with Gasteiger partial charge in [0, 0.05) is 16.6 Å². The van der Waals surface area contributed by atoms with Crippen LogP contribution in [0.25, 0.3) is 0 Å². The third kappa shape index (κ3) is 3.69. The number of nitrogens with one attached hydrogen (secondary N) is 1. The minimum atomic E-state index is -1.18. The zero-order chi connectivity index (χ0) is 14.5. The molecule has 2 N–H and O–H groups in total. The van der Waals surface area contributed by atoms with E-state index in [1.54, 1.807) is 11.6 Å². The normalized spacial score (nSPS) is 10.1. The number of benzene rings is 1. The van der Waals surface area contributed by atoms with Gasteiger partial charge in [-0.25, -0.2) is 9.78 Å². The van der Waals surface area contributed by atoms with Gasteiger partial charge < -0.3 is 9.84 Å². The number of ether oxygens (including phenoxy) is 1. The molecule has 6 nitrogen and oxygen atoms in total. The van der Waals surface area contributed by atoms with Crippen LogP contribution in [0.5, 0.6) is 5.75 Å². The van der Waals surface area contributed by atoms with E-state index in [9.17, 15) is 9.59 Å². The van der Waals surface area contributed by atoms with Crippen molar-refractivity contribution in [2.24, 2.45) is 0 Å². The number of carbonyl (C=O) groups excluding carboxylic acids is 1. The monoisotopic (exact) mass is 312 g/mol. The van der Waals surface area contributed by atoms with E-state index in [1.165, 1.54) is 29.5 Å². The minimum absolute atomic E-state index is 0.0798. The van der Waals surface area contributed by atoms with E-state index in [0.717, 1.165) is 0 Å². The molecule has 2 rings (SSSR count). The number of carbonyl (C=O) groups is 2. The third-order valence-electron chi connectivity index (χ3n) is 2.21. The molecule has 0 radical (unpaired) electrons. The van der Waals surface area contributed by atoms with E-state index in [0.29, 0.717) is 5.13 Å². The Kier molecular flexibility index (Phi) is 4.54. The first-order valence-electron chi connectivity index (χ1n) is 5.41. The Morgan fingerprint density at radius 1 is 1.45 bits per heavy atom. The van der Waals surface area contributed by atoms with E-state index in [4.69, 9.17) is 21.4 Å². The number of hydrogen-bond donors (Lipinski definition) is 2. The van der Waals surface area contributed by atoms with Crippen molar-refractivity contribution in [3.63, 3.8) is 0 Å². The number of aromatic carboxylic acids is 1. The Balaban J connectivity index is 2.00. The summed E-state index contributed by atoms with van der Waals surface area (Å²) in [4.78, 5) is 26.5. The highest BCUT2D eigenvalue weighted by atomic mass is 35.5. The van der Waals surface area contributed by atoms with E-state index in [1.807, 2.05) is 0 Å². The largest absolute Gasteiger partial charge is 0.483 e. The molecule has 104 valence electrons. The van der Waals surface area contributed by atoms with E-state index < -0.39 is 11.9 Å². The second-order valence-electron chi connectivity index (χ2n) is 3.62. The number of thiazole rings is 1. The van der Waals surface area contributed by atoms with Crippen molar-refractivity contribution in [1.29, 1.82) is 0 Å². The Morgan fingerprint density at radius 3 is 2.90 bits per heavy atom. The summed E-state index contributed by atoms with van der Waals surface area (Å²) in [7, 11) is 0. The second-order valence-corrected chi connectivity index (χ2v) is 4.95. The molecule has 20 heavy (non-hydrogen) atoms. The molecule has 8 heteroatoms. The van der Waals surface area contributed by atoms with E-state index in [2.05, 4.69) is 10.3 Å². The first-order valence-corrected chi connectivity index (χ1v) is 6.67. The smallest absolute Gasteiger partial charge is 0.339 e. The summed E-state index contributed by atoms with van der Waals surface area (Å²) in [5, 5.41) is 14.0. The van der Waals surface area contributed by atoms with E-state index in [-0.39, 0.29) is 22.9 Å². The number of carboxylic acids is 1. The fourth-order valence-corrected chi connectivity index (χ4v) is 2.10. The molecule has 1 aromatic heterocycles. The maximum Gasteiger partial charge on any atom is 0.339 e. The molecule has 0 fully saturated rings. The Labute approximate surface area is 123 Å². The summed E-state index contributed by atoms with van der Waals surface area (Å²) in [6, 6.07) is 4.16. The number of halogens is 1. The van der Waals surface area contributed by atoms with Crippen LogP contribution < -0.4 is 10.1 Å². The summed E-state index contributed by atoms with van der Waals surface area (Å²) >= 11 is 6.99. The average Bonchev–Trinajstić information content (AvgIpc) is 2.90. The second kappa shape index (κ2) is 6.36. The fourth-order valence-electron chi connectivity index (χ4n) is 1.38. The van der Waals surface area contributed by atoms with Crippen molar-refractivity contribution in [2.75, 3.05) is 11.9 Å². The molecule has 0 atom stereocenters. The molecule has 1 heterocycles. The lowest BCUT2D eigenvalue weighted by molar-refractivity contribution is -0.118. The first-order chi connectivity index (χ1) is 9.56. The zero-order valence-corrected chi connectivity index (χ0v) is 11.6. The van der Waals surface area contributed by atoms with Crippen LogP contribution in [0, 0.1) is 0 Å². The Morgan fingerprint density at radius 2 is 2.25 bits per heavy atom. The Hall–Kier alpha value is -2.12. The van der Waals surface area contributed by atoms with Crippen molar-refractivity contribution in [3.05, 3.63) is 40.4 Å². The number of amides is 1. The topological polar surface area (TPSA) is 88.5 Å². The molecule has 0 spiro atoms. The lowest BCUT2D eigenvalue weighted by Gasteiger charge is -2.08. The molecular weight excluding hydrogens is 304 g/mol. The van der Waals surface area contributed by atoms with Gasteiger partial charge in [-0.1, -0.05) is 11.6 Å². The molecule has 0 saturated carbocycles. The molecule has 2 aromatic rings. The summed E-state index contributed by atoms with van der Waals surface area (Å²) in [5.41, 5.74) is -0.0976. The summed E-state index contributed by atoms with van der Waals surface area (Å²) in [6.07, 6.45) is 1.56. The van der Waals surface area contributed by atoms with Crippen LogP contribution in [-0.4, -0.2) is 28.6 Å². The van der Waals surface area contributed by atoms with Gasteiger partial charge in [0.25, 0.3) is 5.91 Å². The van der Waals surface area contributed by atoms with Gasteiger partial charge in [-0.2, -0.15) is 0 Å². The molecule has 1 amide bonds. The lowest BCUT2D eigenvalue weighted by Crippen LogP contribution is -2.20. The molecule has 0 bridgehead atoms. The number of anilines is 1. The van der Waals surface area contributed by atoms with Gasteiger partial charge in [0.15, 0.2) is 11.7 Å². The summed E-state index contributed by atoms with van der Waals surface area (Å²) in [6.45, 7) is -0.318. The van der Waals surface area contributed by atoms with Crippen molar-refractivity contribution >= 4 is 39.9 Å². The molecule has 0 aliphatic heterocycles. The van der Waals surface area contributed by atoms with Crippen LogP contribution in [0.3, 0.4) is 0 Å². The van der Waals surface area contributed by atoms with Crippen molar-refractivity contribution < 1.29 is 19.4 Å². The van der Waals surface area contributed by atoms with Gasteiger partial charge in [-0.05, 0) is 18.2 Å². The lowest BCUT2D eigenvalue weighted by atomic mass is 10.2. The van der Waals surface area contributed by atoms with Gasteiger partial charge in [0.2, 0.25) is 0 Å². The molecular formula is C12H9ClN2O4S. The highest BCUT2D eigenvalue weighted by Gasteiger charge is 2.13. The van der Waals surface area contributed by atoms with Crippen LogP contribution >= 0.6 is 22.9 Å². The number of rotatable bonds is 5. The van der Waals surface area contributed by atoms with Gasteiger partial charge in [0.1, 0.15) is 11.3 Å². The molecule has 0 aliphatic rings. The van der Waals surface area contributed by atoms with Crippen molar-refractivity contribution in [1.82, 2.24) is 4.98 Å². The molecule has 0 aliphatic carbocycles. The first kappa shape index (κ1) is 14.3. The summed E-state index contributed by atoms with van der Waals surface area (Å²) in [5.74, 6) is -1.52. The van der Waals surface area contributed by atoms with Gasteiger partial charge in [0.05, 0.1) is 0 Å². The maximum absolute atomic E-state index is 11.6. The van der Waals surface area contributed by atoms with Crippen LogP contribution in [0.1, 0.15) is 10.4 Å². The third-order valence-corrected chi connectivity index (χ3v) is 3.13. The SMILES string of the molecule is O=C(COc1ccc(Cl)cc1C(=O)O)Nc1nccs1. The van der Waals surface area contributed by atoms with Crippen LogP contribution in [0.2, 0.25) is 5.02 Å². The highest BCUT2D eigenvalue weighted by molar-refractivity contribution is 7.13. The average molecular weight is 313 g/mol. The standard InChI is InChI=1S/C12H9ClN2O4S/c13-7-1-2-9(8(5-7)11(17)18)19-6-10(16)15-12-14-3-4-20-12/h1-5H,6H2,(H,17,18)(H,14,15,16). The summed E-state index contributed by atoms with van der Waals surface area (Å²) < 4.78 is 5.19. The number of carboxylic acid groups (broad SMARTS) is 1. The minimum Gasteiger partial charge on any atom is -0.483 e. The van der Waals surface area contributed by atoms with Crippen LogP contribution in [0.15, 0.2) is 29.8 Å². The molecule has 0 saturated heterocycles.